The summed E-state index contributed by atoms with van der Waals surface area (Å²) in [6.07, 6.45) is 0. The molecule has 14 heteroatoms. The van der Waals surface area contributed by atoms with Crippen LogP contribution in [0.25, 0.3) is 0 Å². The van der Waals surface area contributed by atoms with E-state index in [1.54, 1.807) is 6.92 Å². The van der Waals surface area contributed by atoms with Crippen LogP contribution in [-0.4, -0.2) is 38.8 Å². The van der Waals surface area contributed by atoms with E-state index in [2.05, 4.69) is 15.2 Å². The highest BCUT2D eigenvalue weighted by Gasteiger charge is 2.35. The van der Waals surface area contributed by atoms with Crippen LogP contribution in [0.5, 0.6) is 11.5 Å². The van der Waals surface area contributed by atoms with Gasteiger partial charge in [0.1, 0.15) is 12.2 Å². The summed E-state index contributed by atoms with van der Waals surface area (Å²) in [5.74, 6) is -1.96. The summed E-state index contributed by atoms with van der Waals surface area (Å²) >= 11 is 0. The molecule has 2 aromatic rings. The molecule has 1 aromatic heterocycles. The van der Waals surface area contributed by atoms with Crippen molar-refractivity contribution >= 4 is 23.1 Å². The lowest BCUT2D eigenvalue weighted by atomic mass is 10.2. The zero-order chi connectivity index (χ0) is 21.7. The van der Waals surface area contributed by atoms with Crippen LogP contribution in [0.4, 0.5) is 26.0 Å². The monoisotopic (exact) mass is 415 g/mol. The van der Waals surface area contributed by atoms with Gasteiger partial charge in [-0.05, 0) is 30.9 Å². The van der Waals surface area contributed by atoms with E-state index in [1.165, 1.54) is 25.1 Å². The molecule has 0 aliphatic heterocycles. The molecule has 156 valence electrons. The Balaban J connectivity index is 2.21. The highest BCUT2D eigenvalue weighted by atomic mass is 19.3. The standard InChI is InChI=1S/C15H15F2N5O7/c1-3-28-11-6-9(4-5-10(11)29-15(16)17)18-12(23)7-20-8(2)13(21(24)25)14(19-20)22(26)27/h4-6,15H,3,7H2,1-2H3,(H,18,23). The number of carbonyl (C=O) groups is 1. The molecule has 2 rings (SSSR count). The van der Waals surface area contributed by atoms with Gasteiger partial charge in [-0.25, -0.2) is 0 Å². The smallest absolute Gasteiger partial charge is 0.468 e. The number of ether oxygens (including phenoxy) is 2. The molecule has 0 bridgehead atoms. The van der Waals surface area contributed by atoms with Gasteiger partial charge in [-0.2, -0.15) is 13.5 Å². The maximum atomic E-state index is 12.4. The third-order valence-electron chi connectivity index (χ3n) is 3.55. The normalized spacial score (nSPS) is 10.7. The number of amides is 1. The van der Waals surface area contributed by atoms with E-state index >= 15 is 0 Å². The molecule has 0 saturated carbocycles. The Labute approximate surface area is 161 Å². The summed E-state index contributed by atoms with van der Waals surface area (Å²) in [6.45, 7) is -0.632. The lowest BCUT2D eigenvalue weighted by molar-refractivity contribution is -0.424. The largest absolute Gasteiger partial charge is 0.490 e. The van der Waals surface area contributed by atoms with Gasteiger partial charge in [0.2, 0.25) is 5.91 Å². The van der Waals surface area contributed by atoms with Crippen LogP contribution in [0.1, 0.15) is 12.6 Å². The molecule has 29 heavy (non-hydrogen) atoms. The lowest BCUT2D eigenvalue weighted by Gasteiger charge is -2.13. The minimum absolute atomic E-state index is 0.0351. The van der Waals surface area contributed by atoms with Crippen molar-refractivity contribution < 1.29 is 32.9 Å². The van der Waals surface area contributed by atoms with Gasteiger partial charge >= 0.3 is 18.1 Å². The lowest BCUT2D eigenvalue weighted by Crippen LogP contribution is -2.20. The van der Waals surface area contributed by atoms with Crippen LogP contribution in [0.15, 0.2) is 18.2 Å². The number of hydrogen-bond acceptors (Lipinski definition) is 8. The quantitative estimate of drug-likeness (QED) is 0.485. The third kappa shape index (κ3) is 5.12. The second kappa shape index (κ2) is 8.90. The van der Waals surface area contributed by atoms with Gasteiger partial charge in [0.05, 0.1) is 16.6 Å². The van der Waals surface area contributed by atoms with Gasteiger partial charge in [0, 0.05) is 11.8 Å². The summed E-state index contributed by atoms with van der Waals surface area (Å²) in [4.78, 5) is 32.2. The molecule has 0 saturated heterocycles. The molecule has 12 nitrogen and oxygen atoms in total. The maximum Gasteiger partial charge on any atom is 0.468 e. The molecule has 0 radical (unpaired) electrons. The van der Waals surface area contributed by atoms with Crippen LogP contribution in [0.2, 0.25) is 0 Å². The van der Waals surface area contributed by atoms with E-state index in [-0.39, 0.29) is 29.5 Å². The first-order chi connectivity index (χ1) is 13.6. The summed E-state index contributed by atoms with van der Waals surface area (Å²) in [5, 5.41) is 27.8. The molecular weight excluding hydrogens is 400 g/mol. The molecule has 0 aliphatic rings. The first kappa shape index (κ1) is 21.5. The van der Waals surface area contributed by atoms with Crippen LogP contribution < -0.4 is 14.8 Å². The van der Waals surface area contributed by atoms with Crippen LogP contribution >= 0.6 is 0 Å². The fourth-order valence-electron chi connectivity index (χ4n) is 2.40. The van der Waals surface area contributed by atoms with Crippen LogP contribution in [0, 0.1) is 27.2 Å². The number of benzene rings is 1. The fourth-order valence-corrected chi connectivity index (χ4v) is 2.40. The summed E-state index contributed by atoms with van der Waals surface area (Å²) in [7, 11) is 0. The molecule has 0 atom stereocenters. The Kier molecular flexibility index (Phi) is 6.59. The van der Waals surface area contributed by atoms with E-state index in [4.69, 9.17) is 4.74 Å². The highest BCUT2D eigenvalue weighted by molar-refractivity contribution is 5.91. The number of nitro groups is 2. The number of rotatable bonds is 9. The zero-order valence-electron chi connectivity index (χ0n) is 15.1. The van der Waals surface area contributed by atoms with Crippen molar-refractivity contribution in [1.29, 1.82) is 0 Å². The molecule has 0 unspecified atom stereocenters. The van der Waals surface area contributed by atoms with E-state index in [1.807, 2.05) is 0 Å². The van der Waals surface area contributed by atoms with Gasteiger partial charge in [0.15, 0.2) is 11.5 Å². The molecule has 1 aromatic carbocycles. The number of aromatic nitrogens is 2. The van der Waals surface area contributed by atoms with E-state index in [0.29, 0.717) is 0 Å². The van der Waals surface area contributed by atoms with Crippen LogP contribution in [-0.2, 0) is 11.3 Å². The molecule has 1 heterocycles. The Bertz CT molecular complexity index is 947. The SMILES string of the molecule is CCOc1cc(NC(=O)Cn2nc([N+](=O)[O-])c([N+](=O)[O-])c2C)ccc1OC(F)F. The minimum Gasteiger partial charge on any atom is -0.490 e. The topological polar surface area (TPSA) is 152 Å². The summed E-state index contributed by atoms with van der Waals surface area (Å²) < 4.78 is 35.2. The molecule has 0 aliphatic carbocycles. The van der Waals surface area contributed by atoms with Gasteiger partial charge in [-0.15, -0.1) is 0 Å². The predicted octanol–water partition coefficient (Wildman–Crippen LogP) is 2.65. The number of halogens is 2. The van der Waals surface area contributed by atoms with Gasteiger partial charge < -0.3 is 24.9 Å². The van der Waals surface area contributed by atoms with Crippen molar-refractivity contribution in [2.24, 2.45) is 0 Å². The van der Waals surface area contributed by atoms with E-state index in [9.17, 15) is 33.8 Å². The van der Waals surface area contributed by atoms with Gasteiger partial charge in [-0.3, -0.25) is 14.9 Å². The van der Waals surface area contributed by atoms with Crippen molar-refractivity contribution in [2.75, 3.05) is 11.9 Å². The predicted molar refractivity (Wildman–Crippen MR) is 93.1 cm³/mol. The number of nitrogens with zero attached hydrogens (tertiary/aromatic N) is 4. The van der Waals surface area contributed by atoms with Crippen molar-refractivity contribution in [3.63, 3.8) is 0 Å². The zero-order valence-corrected chi connectivity index (χ0v) is 15.1. The molecule has 0 spiro atoms. The Morgan fingerprint density at radius 3 is 2.48 bits per heavy atom. The minimum atomic E-state index is -3.07. The maximum absolute atomic E-state index is 12.4. The third-order valence-corrected chi connectivity index (χ3v) is 3.55. The number of nitrogens with one attached hydrogen (secondary N) is 1. The van der Waals surface area contributed by atoms with Crippen LogP contribution in [0.3, 0.4) is 0 Å². The summed E-state index contributed by atoms with van der Waals surface area (Å²) in [6, 6.07) is 3.69. The molecular formula is C15H15F2N5O7. The van der Waals surface area contributed by atoms with E-state index in [0.717, 1.165) is 4.68 Å². The highest BCUT2D eigenvalue weighted by Crippen LogP contribution is 2.32. The number of carbonyl (C=O) groups excluding carboxylic acids is 1. The second-order valence-corrected chi connectivity index (χ2v) is 5.45. The molecule has 0 fully saturated rings. The Morgan fingerprint density at radius 2 is 1.97 bits per heavy atom. The fraction of sp³-hybridized carbons (Fsp3) is 0.333. The Morgan fingerprint density at radius 1 is 1.28 bits per heavy atom. The average Bonchev–Trinajstić information content (AvgIpc) is 2.94. The van der Waals surface area contributed by atoms with Gasteiger partial charge in [-0.1, -0.05) is 0 Å². The number of hydrogen-bond donors (Lipinski definition) is 1. The van der Waals surface area contributed by atoms with Gasteiger partial charge in [0.25, 0.3) is 0 Å². The molecule has 1 amide bonds. The van der Waals surface area contributed by atoms with Crippen molar-refractivity contribution in [2.45, 2.75) is 27.0 Å². The van der Waals surface area contributed by atoms with E-state index < -0.39 is 40.4 Å². The van der Waals surface area contributed by atoms with Crippen molar-refractivity contribution in [3.05, 3.63) is 44.1 Å². The van der Waals surface area contributed by atoms with Crippen molar-refractivity contribution in [3.8, 4) is 11.5 Å². The van der Waals surface area contributed by atoms with Crippen molar-refractivity contribution in [1.82, 2.24) is 9.78 Å². The first-order valence-corrected chi connectivity index (χ1v) is 8.01. The number of anilines is 1. The Hall–Kier alpha value is -3.84. The summed E-state index contributed by atoms with van der Waals surface area (Å²) in [5.41, 5.74) is -0.823. The molecule has 1 N–H and O–H groups in total. The number of alkyl halides is 2. The first-order valence-electron chi connectivity index (χ1n) is 8.01. The average molecular weight is 415 g/mol. The second-order valence-electron chi connectivity index (χ2n) is 5.45.